The third kappa shape index (κ3) is 5.30. The number of halogens is 2. The van der Waals surface area contributed by atoms with E-state index in [4.69, 9.17) is 52.6 Å². The summed E-state index contributed by atoms with van der Waals surface area (Å²) in [5, 5.41) is 10.3. The number of nitriles is 1. The molecule has 1 unspecified atom stereocenters. The molecular formula is C28H24Cl2N2O6. The SMILES string of the molecule is CCCOc1c(Cl)cc(C(=O)Oc2ccc3c(c2)OC(N)=C(C#N)C3c2ccc(OC)cc2OC)cc1Cl. The first-order chi connectivity index (χ1) is 18.3. The van der Waals surface area contributed by atoms with Gasteiger partial charge in [-0.25, -0.2) is 4.79 Å². The van der Waals surface area contributed by atoms with Gasteiger partial charge in [-0.1, -0.05) is 42.3 Å². The normalized spacial score (nSPS) is 14.2. The molecule has 3 aromatic rings. The van der Waals surface area contributed by atoms with E-state index in [1.165, 1.54) is 25.3 Å². The highest BCUT2D eigenvalue weighted by Gasteiger charge is 2.33. The van der Waals surface area contributed by atoms with Crippen LogP contribution in [0.1, 0.15) is 40.7 Å². The van der Waals surface area contributed by atoms with Crippen LogP contribution in [0.25, 0.3) is 0 Å². The van der Waals surface area contributed by atoms with Gasteiger partial charge < -0.3 is 29.4 Å². The predicted molar refractivity (Wildman–Crippen MR) is 142 cm³/mol. The maximum Gasteiger partial charge on any atom is 0.343 e. The fourth-order valence-electron chi connectivity index (χ4n) is 4.06. The standard InChI is InChI=1S/C28H24Cl2N2O6/c1-4-9-36-26-21(29)10-15(11-22(26)30)28(33)37-17-6-8-19-24(13-17)38-27(32)20(14-31)25(19)18-7-5-16(34-2)12-23(18)35-3/h5-8,10-13,25H,4,9,32H2,1-3H3. The number of methoxy groups -OCH3 is 2. The van der Waals surface area contributed by atoms with Crippen molar-refractivity contribution in [3.05, 3.63) is 86.7 Å². The molecule has 0 saturated heterocycles. The first-order valence-corrected chi connectivity index (χ1v) is 12.3. The van der Waals surface area contributed by atoms with Crippen molar-refractivity contribution in [2.75, 3.05) is 20.8 Å². The largest absolute Gasteiger partial charge is 0.497 e. The Balaban J connectivity index is 1.66. The fourth-order valence-corrected chi connectivity index (χ4v) is 4.66. The summed E-state index contributed by atoms with van der Waals surface area (Å²) in [4.78, 5) is 12.9. The minimum absolute atomic E-state index is 0.0624. The van der Waals surface area contributed by atoms with Crippen molar-refractivity contribution in [3.8, 4) is 34.8 Å². The van der Waals surface area contributed by atoms with E-state index in [2.05, 4.69) is 6.07 Å². The second kappa shape index (κ2) is 11.5. The molecule has 0 aliphatic carbocycles. The zero-order valence-corrected chi connectivity index (χ0v) is 22.4. The zero-order chi connectivity index (χ0) is 27.4. The van der Waals surface area contributed by atoms with Gasteiger partial charge in [-0.15, -0.1) is 0 Å². The van der Waals surface area contributed by atoms with Crippen LogP contribution in [0.4, 0.5) is 0 Å². The first kappa shape index (κ1) is 27.0. The van der Waals surface area contributed by atoms with Gasteiger partial charge in [-0.2, -0.15) is 5.26 Å². The third-order valence-electron chi connectivity index (χ3n) is 5.84. The highest BCUT2D eigenvalue weighted by molar-refractivity contribution is 6.37. The molecule has 1 atom stereocenters. The quantitative estimate of drug-likeness (QED) is 0.257. The topological polar surface area (TPSA) is 113 Å². The van der Waals surface area contributed by atoms with Crippen LogP contribution in [0.5, 0.6) is 28.7 Å². The summed E-state index contributed by atoms with van der Waals surface area (Å²) < 4.78 is 27.7. The number of allylic oxidation sites excluding steroid dienone is 1. The van der Waals surface area contributed by atoms with E-state index in [1.807, 2.05) is 6.92 Å². The Labute approximate surface area is 230 Å². The molecule has 0 spiro atoms. The Bertz CT molecular complexity index is 1440. The smallest absolute Gasteiger partial charge is 0.343 e. The molecule has 0 fully saturated rings. The molecule has 1 aliphatic rings. The number of hydrogen-bond donors (Lipinski definition) is 1. The minimum atomic E-state index is -0.679. The molecule has 3 aromatic carbocycles. The summed E-state index contributed by atoms with van der Waals surface area (Å²) in [5.74, 6) is 0.620. The van der Waals surface area contributed by atoms with Crippen molar-refractivity contribution in [1.29, 1.82) is 5.26 Å². The first-order valence-electron chi connectivity index (χ1n) is 11.6. The molecule has 38 heavy (non-hydrogen) atoms. The molecule has 0 saturated carbocycles. The molecule has 0 aromatic heterocycles. The number of rotatable bonds is 8. The molecule has 2 N–H and O–H groups in total. The van der Waals surface area contributed by atoms with Crippen LogP contribution in [0, 0.1) is 11.3 Å². The Hall–Kier alpha value is -4.06. The number of esters is 1. The summed E-state index contributed by atoms with van der Waals surface area (Å²) in [5.41, 5.74) is 7.83. The van der Waals surface area contributed by atoms with Crippen LogP contribution in [-0.4, -0.2) is 26.8 Å². The summed E-state index contributed by atoms with van der Waals surface area (Å²) in [6.07, 6.45) is 0.776. The molecular weight excluding hydrogens is 531 g/mol. The average molecular weight is 555 g/mol. The number of fused-ring (bicyclic) bond motifs is 1. The lowest BCUT2D eigenvalue weighted by Crippen LogP contribution is -2.21. The van der Waals surface area contributed by atoms with Gasteiger partial charge in [0, 0.05) is 23.3 Å². The van der Waals surface area contributed by atoms with Crippen LogP contribution in [0.15, 0.2) is 60.0 Å². The average Bonchev–Trinajstić information content (AvgIpc) is 2.91. The lowest BCUT2D eigenvalue weighted by Gasteiger charge is -2.27. The molecule has 0 radical (unpaired) electrons. The lowest BCUT2D eigenvalue weighted by atomic mass is 9.83. The third-order valence-corrected chi connectivity index (χ3v) is 6.40. The van der Waals surface area contributed by atoms with Crippen molar-refractivity contribution in [2.45, 2.75) is 19.3 Å². The van der Waals surface area contributed by atoms with Crippen LogP contribution < -0.4 is 29.4 Å². The number of nitrogens with two attached hydrogens (primary N) is 1. The van der Waals surface area contributed by atoms with E-state index in [0.29, 0.717) is 40.7 Å². The fraction of sp³-hybridized carbons (Fsp3) is 0.214. The maximum atomic E-state index is 12.9. The Morgan fingerprint density at radius 1 is 1.03 bits per heavy atom. The van der Waals surface area contributed by atoms with Gasteiger partial charge in [0.25, 0.3) is 0 Å². The lowest BCUT2D eigenvalue weighted by molar-refractivity contribution is 0.0734. The monoisotopic (exact) mass is 554 g/mol. The van der Waals surface area contributed by atoms with Gasteiger partial charge in [0.05, 0.1) is 42.4 Å². The molecule has 8 nitrogen and oxygen atoms in total. The van der Waals surface area contributed by atoms with Gasteiger partial charge >= 0.3 is 5.97 Å². The van der Waals surface area contributed by atoms with Crippen molar-refractivity contribution in [3.63, 3.8) is 0 Å². The Kier molecular flexibility index (Phi) is 8.20. The van der Waals surface area contributed by atoms with Crippen LogP contribution in [-0.2, 0) is 0 Å². The summed E-state index contributed by atoms with van der Waals surface area (Å²) in [6.45, 7) is 2.39. The van der Waals surface area contributed by atoms with Crippen molar-refractivity contribution in [1.82, 2.24) is 0 Å². The van der Waals surface area contributed by atoms with Crippen molar-refractivity contribution < 1.29 is 28.5 Å². The van der Waals surface area contributed by atoms with E-state index in [9.17, 15) is 10.1 Å². The van der Waals surface area contributed by atoms with E-state index in [1.54, 1.807) is 37.4 Å². The van der Waals surface area contributed by atoms with Crippen LogP contribution in [0.3, 0.4) is 0 Å². The van der Waals surface area contributed by atoms with Gasteiger partial charge in [-0.3, -0.25) is 0 Å². The highest BCUT2D eigenvalue weighted by atomic mass is 35.5. The molecule has 1 aliphatic heterocycles. The van der Waals surface area contributed by atoms with Gasteiger partial charge in [0.15, 0.2) is 5.75 Å². The number of carbonyl (C=O) groups is 1. The Morgan fingerprint density at radius 3 is 2.34 bits per heavy atom. The summed E-state index contributed by atoms with van der Waals surface area (Å²) >= 11 is 12.5. The van der Waals surface area contributed by atoms with E-state index in [0.717, 1.165) is 6.42 Å². The number of ether oxygens (including phenoxy) is 5. The van der Waals surface area contributed by atoms with E-state index in [-0.39, 0.29) is 32.8 Å². The van der Waals surface area contributed by atoms with E-state index < -0.39 is 11.9 Å². The second-order valence-electron chi connectivity index (χ2n) is 8.24. The number of carbonyl (C=O) groups excluding carboxylic acids is 1. The molecule has 4 rings (SSSR count). The molecule has 10 heteroatoms. The molecule has 0 amide bonds. The minimum Gasteiger partial charge on any atom is -0.497 e. The zero-order valence-electron chi connectivity index (χ0n) is 20.8. The van der Waals surface area contributed by atoms with Gasteiger partial charge in [-0.05, 0) is 30.7 Å². The van der Waals surface area contributed by atoms with Gasteiger partial charge in [0.2, 0.25) is 5.88 Å². The molecule has 1 heterocycles. The Morgan fingerprint density at radius 2 is 1.71 bits per heavy atom. The van der Waals surface area contributed by atoms with Crippen molar-refractivity contribution in [2.24, 2.45) is 5.73 Å². The van der Waals surface area contributed by atoms with Crippen LogP contribution >= 0.6 is 23.2 Å². The van der Waals surface area contributed by atoms with Crippen LogP contribution in [0.2, 0.25) is 10.0 Å². The summed E-state index contributed by atoms with van der Waals surface area (Å²) in [6, 6.07) is 15.1. The number of hydrogen-bond acceptors (Lipinski definition) is 8. The molecule has 0 bridgehead atoms. The predicted octanol–water partition coefficient (Wildman–Crippen LogP) is 6.24. The number of benzene rings is 3. The van der Waals surface area contributed by atoms with Crippen molar-refractivity contribution >= 4 is 29.2 Å². The second-order valence-corrected chi connectivity index (χ2v) is 9.05. The number of nitrogens with zero attached hydrogens (tertiary/aromatic N) is 1. The van der Waals surface area contributed by atoms with Gasteiger partial charge in [0.1, 0.15) is 34.6 Å². The summed E-state index contributed by atoms with van der Waals surface area (Å²) in [7, 11) is 3.08. The maximum absolute atomic E-state index is 12.9. The molecule has 196 valence electrons. The highest BCUT2D eigenvalue weighted by Crippen LogP contribution is 2.46. The van der Waals surface area contributed by atoms with E-state index >= 15 is 0 Å².